The van der Waals surface area contributed by atoms with Crippen molar-refractivity contribution in [2.75, 3.05) is 13.1 Å². The Morgan fingerprint density at radius 1 is 1.30 bits per heavy atom. The van der Waals surface area contributed by atoms with Crippen LogP contribution in [0.25, 0.3) is 0 Å². The molecule has 2 saturated carbocycles. The first-order chi connectivity index (χ1) is 9.50. The van der Waals surface area contributed by atoms with Gasteiger partial charge in [-0.15, -0.1) is 0 Å². The van der Waals surface area contributed by atoms with Crippen molar-refractivity contribution in [2.45, 2.75) is 57.3 Å². The molecular formula is C16H25NO3. The van der Waals surface area contributed by atoms with Gasteiger partial charge in [-0.3, -0.25) is 9.69 Å². The number of ketones is 1. The first kappa shape index (κ1) is 13.2. The smallest absolute Gasteiger partial charge is 0.137 e. The average Bonchev–Trinajstić information content (AvgIpc) is 2.67. The fraction of sp³-hybridized carbons (Fsp3) is 0.938. The highest BCUT2D eigenvalue weighted by atomic mass is 16.3. The van der Waals surface area contributed by atoms with Gasteiger partial charge in [-0.25, -0.2) is 0 Å². The third-order valence-electron chi connectivity index (χ3n) is 6.90. The lowest BCUT2D eigenvalue weighted by Gasteiger charge is -2.62. The van der Waals surface area contributed by atoms with Gasteiger partial charge in [0.05, 0.1) is 6.10 Å². The maximum Gasteiger partial charge on any atom is 0.137 e. The molecule has 4 heteroatoms. The summed E-state index contributed by atoms with van der Waals surface area (Å²) in [5.41, 5.74) is -1.23. The molecule has 4 aliphatic rings. The van der Waals surface area contributed by atoms with Gasteiger partial charge < -0.3 is 10.2 Å². The lowest BCUT2D eigenvalue weighted by atomic mass is 9.52. The molecule has 0 amide bonds. The number of hydrogen-bond acceptors (Lipinski definition) is 4. The molecule has 0 aromatic heterocycles. The van der Waals surface area contributed by atoms with Gasteiger partial charge in [-0.1, -0.05) is 6.92 Å². The molecule has 0 radical (unpaired) electrons. The van der Waals surface area contributed by atoms with Crippen molar-refractivity contribution >= 4 is 5.78 Å². The quantitative estimate of drug-likeness (QED) is 0.698. The molecule has 2 aliphatic carbocycles. The molecule has 0 aromatic rings. The van der Waals surface area contributed by atoms with Gasteiger partial charge in [0.15, 0.2) is 0 Å². The molecule has 112 valence electrons. The van der Waals surface area contributed by atoms with Crippen LogP contribution in [0.3, 0.4) is 0 Å². The molecule has 4 nitrogen and oxygen atoms in total. The highest BCUT2D eigenvalue weighted by molar-refractivity contribution is 5.85. The number of hydrogen-bond donors (Lipinski definition) is 2. The van der Waals surface area contributed by atoms with Gasteiger partial charge in [-0.2, -0.15) is 0 Å². The highest BCUT2D eigenvalue weighted by Gasteiger charge is 2.72. The minimum absolute atomic E-state index is 0.0232. The Morgan fingerprint density at radius 2 is 2.05 bits per heavy atom. The second-order valence-electron chi connectivity index (χ2n) is 7.59. The van der Waals surface area contributed by atoms with Crippen LogP contribution < -0.4 is 0 Å². The average molecular weight is 279 g/mol. The van der Waals surface area contributed by atoms with Crippen molar-refractivity contribution in [2.24, 2.45) is 23.2 Å². The van der Waals surface area contributed by atoms with Gasteiger partial charge in [-0.05, 0) is 38.0 Å². The normalized spacial score (nSPS) is 58.1. The topological polar surface area (TPSA) is 60.8 Å². The SMILES string of the molecule is C[C@H]1C[C@@]2(O)N3CCC[C@@H]4C(=O)C[C@H]([C@@H]1O)[C@@]42CCC3. The largest absolute Gasteiger partial charge is 0.393 e. The molecule has 1 unspecified atom stereocenters. The molecule has 2 N–H and O–H groups in total. The summed E-state index contributed by atoms with van der Waals surface area (Å²) in [5.74, 6) is 0.313. The minimum Gasteiger partial charge on any atom is -0.393 e. The van der Waals surface area contributed by atoms with Crippen molar-refractivity contribution in [3.05, 3.63) is 0 Å². The minimum atomic E-state index is -0.859. The number of Topliss-reactive ketones (excluding diaryl/α,β-unsaturated/α-hetero) is 1. The van der Waals surface area contributed by atoms with E-state index in [1.54, 1.807) is 0 Å². The molecule has 2 heterocycles. The summed E-state index contributed by atoms with van der Waals surface area (Å²) >= 11 is 0. The van der Waals surface area contributed by atoms with Gasteiger partial charge in [0.25, 0.3) is 0 Å². The van der Waals surface area contributed by atoms with E-state index in [0.29, 0.717) is 18.6 Å². The molecule has 20 heavy (non-hydrogen) atoms. The van der Waals surface area contributed by atoms with Gasteiger partial charge in [0.2, 0.25) is 0 Å². The third kappa shape index (κ3) is 1.31. The van der Waals surface area contributed by atoms with Crippen LogP contribution in [0.2, 0.25) is 0 Å². The fourth-order valence-electron chi connectivity index (χ4n) is 6.18. The van der Waals surface area contributed by atoms with Crippen LogP contribution in [0, 0.1) is 23.2 Å². The lowest BCUT2D eigenvalue weighted by molar-refractivity contribution is -0.283. The summed E-state index contributed by atoms with van der Waals surface area (Å²) in [6.07, 6.45) is 4.52. The Hall–Kier alpha value is -0.450. The van der Waals surface area contributed by atoms with Gasteiger partial charge in [0, 0.05) is 36.8 Å². The number of rotatable bonds is 0. The predicted molar refractivity (Wildman–Crippen MR) is 73.8 cm³/mol. The standard InChI is InChI=1S/C16H25NO3/c1-10-9-16(20)15-5-3-7-17(16)6-2-4-11(15)13(18)8-12(15)14(10)19/h10-12,14,19-20H,2-9H2,1H3/t10-,11+,12+,14+,15+,16-/m0/s1. The van der Waals surface area contributed by atoms with Crippen molar-refractivity contribution in [1.29, 1.82) is 0 Å². The number of carbonyl (C=O) groups excluding carboxylic acids is 1. The summed E-state index contributed by atoms with van der Waals surface area (Å²) in [6, 6.07) is 0. The fourth-order valence-corrected chi connectivity index (χ4v) is 6.18. The number of nitrogens with zero attached hydrogens (tertiary/aromatic N) is 1. The summed E-state index contributed by atoms with van der Waals surface area (Å²) < 4.78 is 0. The summed E-state index contributed by atoms with van der Waals surface area (Å²) in [4.78, 5) is 14.8. The van der Waals surface area contributed by atoms with Crippen LogP contribution >= 0.6 is 0 Å². The van der Waals surface area contributed by atoms with Crippen molar-refractivity contribution < 1.29 is 15.0 Å². The molecule has 7 atom stereocenters. The maximum atomic E-state index is 12.6. The molecule has 4 fully saturated rings. The van der Waals surface area contributed by atoms with Gasteiger partial charge >= 0.3 is 0 Å². The molecule has 2 saturated heterocycles. The zero-order chi connectivity index (χ0) is 14.1. The Morgan fingerprint density at radius 3 is 2.85 bits per heavy atom. The van der Waals surface area contributed by atoms with E-state index in [4.69, 9.17) is 0 Å². The Bertz CT molecular complexity index is 453. The number of aliphatic hydroxyl groups excluding tert-OH is 1. The number of aliphatic hydroxyl groups is 2. The van der Waals surface area contributed by atoms with Crippen molar-refractivity contribution in [1.82, 2.24) is 4.90 Å². The molecule has 1 spiro atoms. The van der Waals surface area contributed by atoms with Crippen LogP contribution in [0.15, 0.2) is 0 Å². The number of carbonyl (C=O) groups is 1. The zero-order valence-corrected chi connectivity index (χ0v) is 12.2. The van der Waals surface area contributed by atoms with Crippen LogP contribution in [-0.4, -0.2) is 45.8 Å². The van der Waals surface area contributed by atoms with E-state index in [2.05, 4.69) is 4.90 Å². The van der Waals surface area contributed by atoms with E-state index in [1.807, 2.05) is 6.92 Å². The summed E-state index contributed by atoms with van der Waals surface area (Å²) in [7, 11) is 0. The van der Waals surface area contributed by atoms with E-state index >= 15 is 0 Å². The van der Waals surface area contributed by atoms with E-state index in [9.17, 15) is 15.0 Å². The second kappa shape index (κ2) is 4.05. The van der Waals surface area contributed by atoms with Crippen molar-refractivity contribution in [3.8, 4) is 0 Å². The Balaban J connectivity index is 1.91. The van der Waals surface area contributed by atoms with Crippen molar-refractivity contribution in [3.63, 3.8) is 0 Å². The van der Waals surface area contributed by atoms with Crippen LogP contribution in [0.5, 0.6) is 0 Å². The Labute approximate surface area is 120 Å². The van der Waals surface area contributed by atoms with E-state index in [1.165, 1.54) is 0 Å². The first-order valence-electron chi connectivity index (χ1n) is 8.19. The van der Waals surface area contributed by atoms with E-state index in [0.717, 1.165) is 38.8 Å². The molecular weight excluding hydrogens is 254 g/mol. The Kier molecular flexibility index (Phi) is 2.68. The van der Waals surface area contributed by atoms with E-state index in [-0.39, 0.29) is 23.2 Å². The first-order valence-corrected chi connectivity index (χ1v) is 8.19. The maximum absolute atomic E-state index is 12.6. The number of piperidine rings is 1. The monoisotopic (exact) mass is 279 g/mol. The molecule has 2 aliphatic heterocycles. The second-order valence-corrected chi connectivity index (χ2v) is 7.59. The third-order valence-corrected chi connectivity index (χ3v) is 6.90. The molecule has 0 aromatic carbocycles. The van der Waals surface area contributed by atoms with Crippen LogP contribution in [0.1, 0.15) is 45.4 Å². The van der Waals surface area contributed by atoms with Gasteiger partial charge in [0.1, 0.15) is 11.5 Å². The molecule has 2 bridgehead atoms. The highest BCUT2D eigenvalue weighted by Crippen LogP contribution is 2.66. The predicted octanol–water partition coefficient (Wildman–Crippen LogP) is 1.16. The molecule has 4 rings (SSSR count). The summed E-state index contributed by atoms with van der Waals surface area (Å²) in [5, 5.41) is 22.2. The van der Waals surface area contributed by atoms with E-state index < -0.39 is 11.8 Å². The lowest BCUT2D eigenvalue weighted by Crippen LogP contribution is -2.70. The van der Waals surface area contributed by atoms with Crippen LogP contribution in [0.4, 0.5) is 0 Å². The summed E-state index contributed by atoms with van der Waals surface area (Å²) in [6.45, 7) is 3.86. The zero-order valence-electron chi connectivity index (χ0n) is 12.2. The van der Waals surface area contributed by atoms with Crippen LogP contribution in [-0.2, 0) is 4.79 Å².